The Labute approximate surface area is 102 Å². The number of thioether (sulfide) groups is 1. The molecule has 1 N–H and O–H groups in total. The van der Waals surface area contributed by atoms with Crippen molar-refractivity contribution < 1.29 is 8.42 Å². The number of nitrogens with one attached hydrogen (secondary N) is 1. The fourth-order valence-corrected chi connectivity index (χ4v) is 4.47. The summed E-state index contributed by atoms with van der Waals surface area (Å²) in [4.78, 5) is 0. The van der Waals surface area contributed by atoms with Crippen molar-refractivity contribution >= 4 is 21.8 Å². The summed E-state index contributed by atoms with van der Waals surface area (Å²) in [6, 6.07) is 0.576. The van der Waals surface area contributed by atoms with Crippen molar-refractivity contribution in [2.75, 3.05) is 36.9 Å². The average molecular weight is 264 g/mol. The van der Waals surface area contributed by atoms with Crippen LogP contribution in [0.25, 0.3) is 0 Å². The molecule has 6 heteroatoms. The molecule has 94 valence electrons. The van der Waals surface area contributed by atoms with Gasteiger partial charge in [-0.3, -0.25) is 0 Å². The molecule has 2 rings (SSSR count). The topological polar surface area (TPSA) is 49.4 Å². The second kappa shape index (κ2) is 5.71. The molecule has 2 aliphatic rings. The first-order chi connectivity index (χ1) is 7.68. The molecule has 0 atom stereocenters. The lowest BCUT2D eigenvalue weighted by Crippen LogP contribution is -2.43. The maximum absolute atomic E-state index is 12.0. The summed E-state index contributed by atoms with van der Waals surface area (Å²) in [7, 11) is -3.01. The molecule has 1 saturated carbocycles. The lowest BCUT2D eigenvalue weighted by atomic mass is 9.93. The van der Waals surface area contributed by atoms with Crippen LogP contribution < -0.4 is 5.32 Å². The SMILES string of the molecule is O=S(=O)(CCNC1CCC1)N1CCSCC1. The van der Waals surface area contributed by atoms with Gasteiger partial charge in [-0.1, -0.05) is 6.42 Å². The van der Waals surface area contributed by atoms with Crippen molar-refractivity contribution in [3.05, 3.63) is 0 Å². The van der Waals surface area contributed by atoms with Crippen LogP contribution in [0, 0.1) is 0 Å². The Bertz CT molecular complexity index is 309. The van der Waals surface area contributed by atoms with Crippen LogP contribution in [0.1, 0.15) is 19.3 Å². The molecule has 0 amide bonds. The first-order valence-corrected chi connectivity index (χ1v) is 8.74. The summed E-state index contributed by atoms with van der Waals surface area (Å²) < 4.78 is 25.5. The van der Waals surface area contributed by atoms with Gasteiger partial charge in [0.2, 0.25) is 10.0 Å². The number of hydrogen-bond acceptors (Lipinski definition) is 4. The monoisotopic (exact) mass is 264 g/mol. The predicted molar refractivity (Wildman–Crippen MR) is 68.3 cm³/mol. The van der Waals surface area contributed by atoms with E-state index in [0.29, 0.717) is 25.7 Å². The van der Waals surface area contributed by atoms with Gasteiger partial charge in [-0.2, -0.15) is 11.8 Å². The van der Waals surface area contributed by atoms with E-state index in [1.165, 1.54) is 19.3 Å². The second-order valence-corrected chi connectivity index (χ2v) is 7.72. The summed E-state index contributed by atoms with van der Waals surface area (Å²) >= 11 is 1.83. The standard InChI is InChI=1S/C10H20N2O2S2/c13-16(14,12-5-7-15-8-6-12)9-4-11-10-2-1-3-10/h10-11H,1-9H2. The van der Waals surface area contributed by atoms with Crippen LogP contribution in [-0.4, -0.2) is 55.7 Å². The lowest BCUT2D eigenvalue weighted by molar-refractivity contribution is 0.345. The van der Waals surface area contributed by atoms with Gasteiger partial charge in [-0.25, -0.2) is 12.7 Å². The average Bonchev–Trinajstić information content (AvgIpc) is 2.23. The molecule has 16 heavy (non-hydrogen) atoms. The molecular weight excluding hydrogens is 244 g/mol. The van der Waals surface area contributed by atoms with Gasteiger partial charge < -0.3 is 5.32 Å². The third-order valence-electron chi connectivity index (χ3n) is 3.26. The Hall–Kier alpha value is 0.220. The molecule has 1 heterocycles. The van der Waals surface area contributed by atoms with Crippen LogP contribution in [-0.2, 0) is 10.0 Å². The van der Waals surface area contributed by atoms with Crippen LogP contribution >= 0.6 is 11.8 Å². The minimum absolute atomic E-state index is 0.258. The van der Waals surface area contributed by atoms with Crippen molar-refractivity contribution in [1.29, 1.82) is 0 Å². The first-order valence-electron chi connectivity index (χ1n) is 5.97. The van der Waals surface area contributed by atoms with E-state index in [1.807, 2.05) is 11.8 Å². The molecule has 0 spiro atoms. The quantitative estimate of drug-likeness (QED) is 0.786. The molecule has 2 fully saturated rings. The van der Waals surface area contributed by atoms with E-state index in [9.17, 15) is 8.42 Å². The van der Waals surface area contributed by atoms with E-state index < -0.39 is 10.0 Å². The maximum Gasteiger partial charge on any atom is 0.215 e. The number of nitrogens with zero attached hydrogens (tertiary/aromatic N) is 1. The van der Waals surface area contributed by atoms with E-state index in [4.69, 9.17) is 0 Å². The van der Waals surface area contributed by atoms with Crippen LogP contribution in [0.3, 0.4) is 0 Å². The van der Waals surface area contributed by atoms with Gasteiger partial charge in [0.15, 0.2) is 0 Å². The number of sulfonamides is 1. The van der Waals surface area contributed by atoms with Crippen molar-refractivity contribution in [3.8, 4) is 0 Å². The molecule has 0 radical (unpaired) electrons. The summed E-state index contributed by atoms with van der Waals surface area (Å²) in [5, 5.41) is 3.30. The predicted octanol–water partition coefficient (Wildman–Crippen LogP) is 0.507. The Kier molecular flexibility index (Phi) is 4.52. The zero-order chi connectivity index (χ0) is 11.4. The lowest BCUT2D eigenvalue weighted by Gasteiger charge is -2.28. The van der Waals surface area contributed by atoms with E-state index in [0.717, 1.165) is 11.5 Å². The van der Waals surface area contributed by atoms with Gasteiger partial charge >= 0.3 is 0 Å². The minimum Gasteiger partial charge on any atom is -0.313 e. The molecule has 0 aromatic carbocycles. The smallest absolute Gasteiger partial charge is 0.215 e. The van der Waals surface area contributed by atoms with Crippen LogP contribution in [0.15, 0.2) is 0 Å². The third kappa shape index (κ3) is 3.35. The molecule has 1 aliphatic carbocycles. The van der Waals surface area contributed by atoms with Crippen molar-refractivity contribution in [3.63, 3.8) is 0 Å². The van der Waals surface area contributed by atoms with Crippen LogP contribution in [0.2, 0.25) is 0 Å². The van der Waals surface area contributed by atoms with Gasteiger partial charge in [0.05, 0.1) is 5.75 Å². The van der Waals surface area contributed by atoms with Gasteiger partial charge in [-0.05, 0) is 12.8 Å². The highest BCUT2D eigenvalue weighted by Crippen LogP contribution is 2.18. The zero-order valence-electron chi connectivity index (χ0n) is 9.52. The van der Waals surface area contributed by atoms with Crippen LogP contribution in [0.5, 0.6) is 0 Å². The molecule has 0 aromatic heterocycles. The van der Waals surface area contributed by atoms with E-state index in [2.05, 4.69) is 5.32 Å². The molecule has 0 aromatic rings. The van der Waals surface area contributed by atoms with Crippen molar-refractivity contribution in [1.82, 2.24) is 9.62 Å². The van der Waals surface area contributed by atoms with E-state index >= 15 is 0 Å². The summed E-state index contributed by atoms with van der Waals surface area (Å²) in [5.41, 5.74) is 0. The summed E-state index contributed by atoms with van der Waals surface area (Å²) in [6.45, 7) is 1.99. The molecule has 0 bridgehead atoms. The highest BCUT2D eigenvalue weighted by Gasteiger charge is 2.24. The zero-order valence-corrected chi connectivity index (χ0v) is 11.2. The highest BCUT2D eigenvalue weighted by atomic mass is 32.2. The molecule has 4 nitrogen and oxygen atoms in total. The Morgan fingerprint density at radius 2 is 1.94 bits per heavy atom. The number of hydrogen-bond donors (Lipinski definition) is 1. The molecule has 1 aliphatic heterocycles. The fourth-order valence-electron chi connectivity index (χ4n) is 1.96. The van der Waals surface area contributed by atoms with Crippen molar-refractivity contribution in [2.45, 2.75) is 25.3 Å². The van der Waals surface area contributed by atoms with Crippen molar-refractivity contribution in [2.24, 2.45) is 0 Å². The highest BCUT2D eigenvalue weighted by molar-refractivity contribution is 7.99. The Balaban J connectivity index is 1.72. The summed E-state index contributed by atoms with van der Waals surface area (Å²) in [6.07, 6.45) is 3.70. The first kappa shape index (κ1) is 12.7. The van der Waals surface area contributed by atoms with Gasteiger partial charge in [0, 0.05) is 37.2 Å². The third-order valence-corrected chi connectivity index (χ3v) is 6.08. The van der Waals surface area contributed by atoms with Gasteiger partial charge in [-0.15, -0.1) is 0 Å². The Morgan fingerprint density at radius 3 is 2.50 bits per heavy atom. The largest absolute Gasteiger partial charge is 0.313 e. The number of rotatable bonds is 5. The second-order valence-electron chi connectivity index (χ2n) is 4.41. The van der Waals surface area contributed by atoms with E-state index in [-0.39, 0.29) is 5.75 Å². The summed E-state index contributed by atoms with van der Waals surface area (Å²) in [5.74, 6) is 2.14. The maximum atomic E-state index is 12.0. The van der Waals surface area contributed by atoms with E-state index in [1.54, 1.807) is 4.31 Å². The van der Waals surface area contributed by atoms with Gasteiger partial charge in [0.25, 0.3) is 0 Å². The molecule has 1 saturated heterocycles. The van der Waals surface area contributed by atoms with Gasteiger partial charge in [0.1, 0.15) is 0 Å². The molecule has 0 unspecified atom stereocenters. The van der Waals surface area contributed by atoms with Crippen LogP contribution in [0.4, 0.5) is 0 Å². The fraction of sp³-hybridized carbons (Fsp3) is 1.00. The Morgan fingerprint density at radius 1 is 1.25 bits per heavy atom. The molecular formula is C10H20N2O2S2. The minimum atomic E-state index is -3.01. The normalized spacial score (nSPS) is 24.2.